The van der Waals surface area contributed by atoms with E-state index >= 15 is 0 Å². The molecule has 0 bridgehead atoms. The van der Waals surface area contributed by atoms with E-state index in [0.717, 1.165) is 25.9 Å². The molecular formula is C15H21FN2O. The Hall–Kier alpha value is -1.42. The first-order valence-electron chi connectivity index (χ1n) is 6.71. The van der Waals surface area contributed by atoms with Crippen LogP contribution in [0.3, 0.4) is 0 Å². The Morgan fingerprint density at radius 1 is 1.37 bits per heavy atom. The molecule has 3 nitrogen and oxygen atoms in total. The van der Waals surface area contributed by atoms with E-state index < -0.39 is 0 Å². The average Bonchev–Trinajstić information content (AvgIpc) is 2.41. The van der Waals surface area contributed by atoms with E-state index in [2.05, 4.69) is 11.9 Å². The van der Waals surface area contributed by atoms with Gasteiger partial charge in [-0.15, -0.1) is 0 Å². The molecule has 2 rings (SSSR count). The minimum Gasteiger partial charge on any atom is -0.339 e. The fourth-order valence-electron chi connectivity index (χ4n) is 2.48. The summed E-state index contributed by atoms with van der Waals surface area (Å²) >= 11 is 0. The van der Waals surface area contributed by atoms with Crippen LogP contribution in [0.5, 0.6) is 0 Å². The Morgan fingerprint density at radius 2 is 2.00 bits per heavy atom. The lowest BCUT2D eigenvalue weighted by Gasteiger charge is -2.35. The lowest BCUT2D eigenvalue weighted by atomic mass is 10.0. The Kier molecular flexibility index (Phi) is 4.20. The number of hydrogen-bond acceptors (Lipinski definition) is 2. The van der Waals surface area contributed by atoms with Crippen LogP contribution in [0.15, 0.2) is 18.2 Å². The second-order valence-corrected chi connectivity index (χ2v) is 5.41. The molecule has 1 aliphatic heterocycles. The predicted molar refractivity (Wildman–Crippen MR) is 73.7 cm³/mol. The Morgan fingerprint density at radius 3 is 2.58 bits per heavy atom. The summed E-state index contributed by atoms with van der Waals surface area (Å²) in [5, 5.41) is 0. The monoisotopic (exact) mass is 264 g/mol. The van der Waals surface area contributed by atoms with Gasteiger partial charge in [-0.1, -0.05) is 6.07 Å². The van der Waals surface area contributed by atoms with Crippen molar-refractivity contribution in [3.8, 4) is 0 Å². The Balaban J connectivity index is 2.08. The predicted octanol–water partition coefficient (Wildman–Crippen LogP) is 2.30. The quantitative estimate of drug-likeness (QED) is 0.818. The van der Waals surface area contributed by atoms with Crippen molar-refractivity contribution in [1.82, 2.24) is 9.80 Å². The van der Waals surface area contributed by atoms with E-state index in [-0.39, 0.29) is 17.8 Å². The minimum absolute atomic E-state index is 0.0894. The lowest BCUT2D eigenvalue weighted by Crippen LogP contribution is -2.44. The third-order valence-electron chi connectivity index (χ3n) is 3.97. The van der Waals surface area contributed by atoms with Crippen molar-refractivity contribution >= 4 is 5.91 Å². The largest absolute Gasteiger partial charge is 0.339 e. The first-order chi connectivity index (χ1) is 8.99. The average molecular weight is 264 g/mol. The van der Waals surface area contributed by atoms with Crippen molar-refractivity contribution in [3.05, 3.63) is 35.1 Å². The standard InChI is InChI=1S/C15H21FN2O/c1-11-4-5-12(10-14(11)16)15(19)18(3)13-6-8-17(2)9-7-13/h4-5,10,13H,6-9H2,1-3H3. The molecule has 1 heterocycles. The first kappa shape index (κ1) is 14.0. The van der Waals surface area contributed by atoms with Crippen molar-refractivity contribution in [2.24, 2.45) is 0 Å². The van der Waals surface area contributed by atoms with Crippen LogP contribution in [0.4, 0.5) is 4.39 Å². The molecule has 1 aromatic rings. The van der Waals surface area contributed by atoms with Crippen LogP contribution in [0, 0.1) is 12.7 Å². The normalized spacial score (nSPS) is 17.5. The van der Waals surface area contributed by atoms with Crippen LogP contribution in [0.1, 0.15) is 28.8 Å². The highest BCUT2D eigenvalue weighted by atomic mass is 19.1. The van der Waals surface area contributed by atoms with E-state index in [1.165, 1.54) is 6.07 Å². The molecule has 4 heteroatoms. The third-order valence-corrected chi connectivity index (χ3v) is 3.97. The van der Waals surface area contributed by atoms with Crippen LogP contribution in [-0.4, -0.2) is 48.9 Å². The molecule has 0 saturated carbocycles. The molecule has 1 aromatic carbocycles. The number of rotatable bonds is 2. The number of amides is 1. The van der Waals surface area contributed by atoms with Gasteiger partial charge in [0.05, 0.1) is 0 Å². The number of halogens is 1. The van der Waals surface area contributed by atoms with Crippen molar-refractivity contribution in [2.75, 3.05) is 27.2 Å². The van der Waals surface area contributed by atoms with Gasteiger partial charge in [0.25, 0.3) is 5.91 Å². The molecular weight excluding hydrogens is 243 g/mol. The van der Waals surface area contributed by atoms with Crippen LogP contribution < -0.4 is 0 Å². The van der Waals surface area contributed by atoms with Crippen LogP contribution in [0.25, 0.3) is 0 Å². The summed E-state index contributed by atoms with van der Waals surface area (Å²) in [6, 6.07) is 4.95. The first-order valence-corrected chi connectivity index (χ1v) is 6.71. The highest BCUT2D eigenvalue weighted by Gasteiger charge is 2.24. The second kappa shape index (κ2) is 5.70. The van der Waals surface area contributed by atoms with Gasteiger partial charge in [0.1, 0.15) is 5.82 Å². The minimum atomic E-state index is -0.317. The molecule has 0 radical (unpaired) electrons. The summed E-state index contributed by atoms with van der Waals surface area (Å²) in [5.74, 6) is -0.406. The molecule has 0 atom stereocenters. The van der Waals surface area contributed by atoms with Crippen molar-refractivity contribution < 1.29 is 9.18 Å². The zero-order valence-electron chi connectivity index (χ0n) is 11.8. The Bertz CT molecular complexity index is 467. The zero-order chi connectivity index (χ0) is 14.0. The van der Waals surface area contributed by atoms with Gasteiger partial charge in [-0.25, -0.2) is 4.39 Å². The van der Waals surface area contributed by atoms with Gasteiger partial charge in [0.2, 0.25) is 0 Å². The molecule has 0 aromatic heterocycles. The number of aryl methyl sites for hydroxylation is 1. The van der Waals surface area contributed by atoms with E-state index in [1.807, 2.05) is 7.05 Å². The summed E-state index contributed by atoms with van der Waals surface area (Å²) in [6.45, 7) is 3.71. The molecule has 1 saturated heterocycles. The van der Waals surface area contributed by atoms with Crippen molar-refractivity contribution in [1.29, 1.82) is 0 Å². The van der Waals surface area contributed by atoms with E-state index in [4.69, 9.17) is 0 Å². The third kappa shape index (κ3) is 3.13. The number of hydrogen-bond donors (Lipinski definition) is 0. The van der Waals surface area contributed by atoms with Gasteiger partial charge in [-0.3, -0.25) is 4.79 Å². The number of carbonyl (C=O) groups is 1. The van der Waals surface area contributed by atoms with Crippen molar-refractivity contribution in [2.45, 2.75) is 25.8 Å². The van der Waals surface area contributed by atoms with Gasteiger partial charge < -0.3 is 9.80 Å². The second-order valence-electron chi connectivity index (χ2n) is 5.41. The molecule has 0 N–H and O–H groups in total. The zero-order valence-corrected chi connectivity index (χ0v) is 11.8. The maximum atomic E-state index is 13.5. The molecule has 0 unspecified atom stereocenters. The molecule has 0 aliphatic carbocycles. The van der Waals surface area contributed by atoms with Crippen LogP contribution in [0.2, 0.25) is 0 Å². The smallest absolute Gasteiger partial charge is 0.253 e. The maximum Gasteiger partial charge on any atom is 0.253 e. The summed E-state index contributed by atoms with van der Waals surface area (Å²) < 4.78 is 13.5. The molecule has 104 valence electrons. The van der Waals surface area contributed by atoms with E-state index in [1.54, 1.807) is 24.0 Å². The summed E-state index contributed by atoms with van der Waals surface area (Å²) in [7, 11) is 3.91. The van der Waals surface area contributed by atoms with Crippen LogP contribution >= 0.6 is 0 Å². The highest BCUT2D eigenvalue weighted by molar-refractivity contribution is 5.94. The van der Waals surface area contributed by atoms with Crippen molar-refractivity contribution in [3.63, 3.8) is 0 Å². The SMILES string of the molecule is Cc1ccc(C(=O)N(C)C2CCN(C)CC2)cc1F. The number of benzene rings is 1. The number of likely N-dealkylation sites (tertiary alicyclic amines) is 1. The van der Waals surface area contributed by atoms with E-state index in [9.17, 15) is 9.18 Å². The lowest BCUT2D eigenvalue weighted by molar-refractivity contribution is 0.0659. The molecule has 1 aliphatic rings. The summed E-state index contributed by atoms with van der Waals surface area (Å²) in [6.07, 6.45) is 1.96. The van der Waals surface area contributed by atoms with Gasteiger partial charge >= 0.3 is 0 Å². The topological polar surface area (TPSA) is 23.6 Å². The molecule has 0 spiro atoms. The highest BCUT2D eigenvalue weighted by Crippen LogP contribution is 2.18. The van der Waals surface area contributed by atoms with Gasteiger partial charge in [0, 0.05) is 18.7 Å². The molecule has 1 amide bonds. The summed E-state index contributed by atoms with van der Waals surface area (Å²) in [4.78, 5) is 16.4. The van der Waals surface area contributed by atoms with Gasteiger partial charge in [-0.05, 0) is 57.6 Å². The van der Waals surface area contributed by atoms with Crippen LogP contribution in [-0.2, 0) is 0 Å². The fourth-order valence-corrected chi connectivity index (χ4v) is 2.48. The Labute approximate surface area is 114 Å². The fraction of sp³-hybridized carbons (Fsp3) is 0.533. The molecule has 1 fully saturated rings. The van der Waals surface area contributed by atoms with E-state index in [0.29, 0.717) is 11.1 Å². The summed E-state index contributed by atoms with van der Waals surface area (Å²) in [5.41, 5.74) is 1.00. The number of carbonyl (C=O) groups excluding carboxylic acids is 1. The van der Waals surface area contributed by atoms with Gasteiger partial charge in [0.15, 0.2) is 0 Å². The number of piperidine rings is 1. The maximum absolute atomic E-state index is 13.5. The van der Waals surface area contributed by atoms with Gasteiger partial charge in [-0.2, -0.15) is 0 Å². The molecule has 19 heavy (non-hydrogen) atoms. The number of nitrogens with zero attached hydrogens (tertiary/aromatic N) is 2.